The van der Waals surface area contributed by atoms with Gasteiger partial charge in [0.15, 0.2) is 0 Å². The van der Waals surface area contributed by atoms with E-state index in [4.69, 9.17) is 11.3 Å². The molecule has 2 N–H and O–H groups in total. The van der Waals surface area contributed by atoms with Crippen LogP contribution in [0.2, 0.25) is 0 Å². The summed E-state index contributed by atoms with van der Waals surface area (Å²) in [6.45, 7) is 0. The van der Waals surface area contributed by atoms with Crippen molar-refractivity contribution in [1.29, 1.82) is 0 Å². The molecule has 2 atom stereocenters. The molecule has 1 saturated carbocycles. The van der Waals surface area contributed by atoms with Gasteiger partial charge in [-0.2, -0.15) is 0 Å². The maximum Gasteiger partial charge on any atom is 0.0388 e. The molecular weight excluding hydrogens is 128 g/mol. The number of hydrogen-bond donors (Lipinski definition) is 1. The van der Waals surface area contributed by atoms with Gasteiger partial charge in [0.05, 0.1) is 0 Å². The van der Waals surface area contributed by atoms with Gasteiger partial charge in [-0.05, 0) is 24.8 Å². The zero-order valence-electron chi connectivity index (χ0n) is 5.90. The molecule has 10 heavy (non-hydrogen) atoms. The smallest absolute Gasteiger partial charge is 0.0388 e. The first-order valence-electron chi connectivity index (χ1n) is 3.62. The van der Waals surface area contributed by atoms with Gasteiger partial charge in [-0.25, -0.2) is 0 Å². The topological polar surface area (TPSA) is 74.8 Å². The fourth-order valence-corrected chi connectivity index (χ4v) is 1.38. The van der Waals surface area contributed by atoms with Gasteiger partial charge in [0.25, 0.3) is 0 Å². The van der Waals surface area contributed by atoms with Crippen LogP contribution in [0.15, 0.2) is 5.11 Å². The van der Waals surface area contributed by atoms with Crippen molar-refractivity contribution in [3.05, 3.63) is 10.4 Å². The Labute approximate surface area is 60.0 Å². The highest BCUT2D eigenvalue weighted by Crippen LogP contribution is 2.19. The molecule has 0 amide bonds. The zero-order chi connectivity index (χ0) is 7.40. The van der Waals surface area contributed by atoms with Crippen molar-refractivity contribution in [2.24, 2.45) is 10.8 Å². The van der Waals surface area contributed by atoms with E-state index >= 15 is 0 Å². The Morgan fingerprint density at radius 3 is 2.90 bits per heavy atom. The standard InChI is InChI=1S/C6H12N4/c7-5-2-1-3-6(4-5)9-10-8/h5-6H,1-4,7H2/t5-,6-/m0/s1. The highest BCUT2D eigenvalue weighted by Gasteiger charge is 2.17. The Kier molecular flexibility index (Phi) is 2.54. The van der Waals surface area contributed by atoms with E-state index in [2.05, 4.69) is 10.0 Å². The molecule has 1 aliphatic carbocycles. The fourth-order valence-electron chi connectivity index (χ4n) is 1.38. The summed E-state index contributed by atoms with van der Waals surface area (Å²) in [5.41, 5.74) is 13.8. The quantitative estimate of drug-likeness (QED) is 0.335. The van der Waals surface area contributed by atoms with E-state index in [1.165, 1.54) is 0 Å². The van der Waals surface area contributed by atoms with Gasteiger partial charge in [0.2, 0.25) is 0 Å². The SMILES string of the molecule is [N-]=[N+]=N[C@H]1CCC[C@H](N)C1. The first-order chi connectivity index (χ1) is 4.83. The molecule has 1 aliphatic rings. The number of hydrogen-bond acceptors (Lipinski definition) is 2. The summed E-state index contributed by atoms with van der Waals surface area (Å²) in [5.74, 6) is 0. The van der Waals surface area contributed by atoms with Crippen LogP contribution in [0.4, 0.5) is 0 Å². The number of nitrogens with two attached hydrogens (primary N) is 1. The lowest BCUT2D eigenvalue weighted by Gasteiger charge is -2.22. The summed E-state index contributed by atoms with van der Waals surface area (Å²) >= 11 is 0. The minimum Gasteiger partial charge on any atom is -0.328 e. The first-order valence-corrected chi connectivity index (χ1v) is 3.62. The second kappa shape index (κ2) is 3.44. The minimum atomic E-state index is 0.161. The van der Waals surface area contributed by atoms with Gasteiger partial charge < -0.3 is 5.73 Å². The molecule has 0 aromatic carbocycles. The summed E-state index contributed by atoms with van der Waals surface area (Å²) in [6.07, 6.45) is 4.06. The van der Waals surface area contributed by atoms with Crippen LogP contribution in [-0.4, -0.2) is 12.1 Å². The van der Waals surface area contributed by atoms with Crippen LogP contribution >= 0.6 is 0 Å². The van der Waals surface area contributed by atoms with Gasteiger partial charge in [-0.3, -0.25) is 0 Å². The second-order valence-corrected chi connectivity index (χ2v) is 2.79. The highest BCUT2D eigenvalue weighted by molar-refractivity contribution is 4.79. The van der Waals surface area contributed by atoms with Crippen LogP contribution < -0.4 is 5.73 Å². The predicted molar refractivity (Wildman–Crippen MR) is 39.4 cm³/mol. The second-order valence-electron chi connectivity index (χ2n) is 2.79. The van der Waals surface area contributed by atoms with E-state index in [0.29, 0.717) is 0 Å². The molecule has 0 radical (unpaired) electrons. The first kappa shape index (κ1) is 7.38. The van der Waals surface area contributed by atoms with E-state index in [9.17, 15) is 0 Å². The molecule has 0 unspecified atom stereocenters. The Morgan fingerprint density at radius 1 is 1.50 bits per heavy atom. The molecule has 4 nitrogen and oxygen atoms in total. The van der Waals surface area contributed by atoms with Crippen molar-refractivity contribution < 1.29 is 0 Å². The maximum absolute atomic E-state index is 8.12. The van der Waals surface area contributed by atoms with E-state index < -0.39 is 0 Å². The lowest BCUT2D eigenvalue weighted by molar-refractivity contribution is 0.392. The Balaban J connectivity index is 2.39. The van der Waals surface area contributed by atoms with Crippen molar-refractivity contribution in [1.82, 2.24) is 0 Å². The molecule has 4 heteroatoms. The van der Waals surface area contributed by atoms with Crippen LogP contribution in [0.5, 0.6) is 0 Å². The third kappa shape index (κ3) is 1.90. The lowest BCUT2D eigenvalue weighted by Crippen LogP contribution is -2.29. The van der Waals surface area contributed by atoms with E-state index in [0.717, 1.165) is 25.7 Å². The van der Waals surface area contributed by atoms with Gasteiger partial charge in [0, 0.05) is 17.0 Å². The van der Waals surface area contributed by atoms with Crippen LogP contribution in [-0.2, 0) is 0 Å². The molecule has 0 heterocycles. The molecule has 1 rings (SSSR count). The molecule has 1 fully saturated rings. The molecule has 0 aromatic heterocycles. The average molecular weight is 140 g/mol. The Bertz CT molecular complexity index is 150. The van der Waals surface area contributed by atoms with Gasteiger partial charge in [0.1, 0.15) is 0 Å². The fraction of sp³-hybridized carbons (Fsp3) is 1.00. The Morgan fingerprint density at radius 2 is 2.30 bits per heavy atom. The monoisotopic (exact) mass is 140 g/mol. The summed E-state index contributed by atoms with van der Waals surface area (Å²) in [6, 6.07) is 0.415. The molecule has 56 valence electrons. The van der Waals surface area contributed by atoms with Gasteiger partial charge in [-0.1, -0.05) is 11.5 Å². The van der Waals surface area contributed by atoms with Crippen LogP contribution in [0.25, 0.3) is 10.4 Å². The average Bonchev–Trinajstić information content (AvgIpc) is 1.88. The lowest BCUT2D eigenvalue weighted by atomic mass is 9.92. The molecule has 0 aromatic rings. The summed E-state index contributed by atoms with van der Waals surface area (Å²) < 4.78 is 0. The van der Waals surface area contributed by atoms with Gasteiger partial charge in [-0.15, -0.1) is 0 Å². The Hall–Kier alpha value is -0.730. The minimum absolute atomic E-state index is 0.161. The summed E-state index contributed by atoms with van der Waals surface area (Å²) in [4.78, 5) is 2.76. The van der Waals surface area contributed by atoms with E-state index in [-0.39, 0.29) is 12.1 Å². The third-order valence-corrected chi connectivity index (χ3v) is 1.90. The zero-order valence-corrected chi connectivity index (χ0v) is 5.90. The van der Waals surface area contributed by atoms with E-state index in [1.54, 1.807) is 0 Å². The van der Waals surface area contributed by atoms with Crippen LogP contribution in [0.3, 0.4) is 0 Å². The highest BCUT2D eigenvalue weighted by atomic mass is 15.1. The van der Waals surface area contributed by atoms with Crippen molar-refractivity contribution >= 4 is 0 Å². The molecular formula is C6H12N4. The maximum atomic E-state index is 8.12. The molecule has 0 spiro atoms. The third-order valence-electron chi connectivity index (χ3n) is 1.90. The number of azide groups is 1. The van der Waals surface area contributed by atoms with Crippen LogP contribution in [0.1, 0.15) is 25.7 Å². The molecule has 0 saturated heterocycles. The van der Waals surface area contributed by atoms with Gasteiger partial charge >= 0.3 is 0 Å². The largest absolute Gasteiger partial charge is 0.328 e. The van der Waals surface area contributed by atoms with Crippen molar-refractivity contribution in [2.75, 3.05) is 0 Å². The summed E-state index contributed by atoms with van der Waals surface area (Å²) in [5, 5.41) is 3.63. The normalized spacial score (nSPS) is 32.9. The van der Waals surface area contributed by atoms with E-state index in [1.807, 2.05) is 0 Å². The number of nitrogens with zero attached hydrogens (tertiary/aromatic N) is 3. The van der Waals surface area contributed by atoms with Crippen molar-refractivity contribution in [3.63, 3.8) is 0 Å². The van der Waals surface area contributed by atoms with Crippen LogP contribution in [0, 0.1) is 0 Å². The molecule has 0 aliphatic heterocycles. The number of rotatable bonds is 1. The van der Waals surface area contributed by atoms with Crippen molar-refractivity contribution in [3.8, 4) is 0 Å². The summed E-state index contributed by atoms with van der Waals surface area (Å²) in [7, 11) is 0. The predicted octanol–water partition coefficient (Wildman–Crippen LogP) is 1.57. The molecule has 0 bridgehead atoms. The van der Waals surface area contributed by atoms with Crippen molar-refractivity contribution in [2.45, 2.75) is 37.8 Å².